The van der Waals surface area contributed by atoms with Crippen LogP contribution in [-0.2, 0) is 75.0 Å². The highest BCUT2D eigenvalue weighted by Crippen LogP contribution is 2.33. The van der Waals surface area contributed by atoms with Crippen molar-refractivity contribution in [2.24, 2.45) is 10.9 Å². The number of nitrogens with two attached hydrogens (primary N) is 1. The number of hydrogen-bond donors (Lipinski definition) is 1. The minimum absolute atomic E-state index is 0.0699. The van der Waals surface area contributed by atoms with E-state index in [1.165, 1.54) is 6.92 Å². The summed E-state index contributed by atoms with van der Waals surface area (Å²) < 4.78 is 130. The number of ether oxygens (including phenoxy) is 11. The Morgan fingerprint density at radius 2 is 1.22 bits per heavy atom. The summed E-state index contributed by atoms with van der Waals surface area (Å²) in [5, 5.41) is 10.5. The van der Waals surface area contributed by atoms with Gasteiger partial charge in [0.2, 0.25) is 21.6 Å². The highest BCUT2D eigenvalue weighted by atomic mass is 32.2. The van der Waals surface area contributed by atoms with Crippen LogP contribution in [0, 0.1) is 41.6 Å². The molecule has 0 atom stereocenters. The molecule has 2 heterocycles. The summed E-state index contributed by atoms with van der Waals surface area (Å²) in [5.74, 6) is -5.30. The minimum Gasteiger partial charge on any atom is -0.420 e. The van der Waals surface area contributed by atoms with E-state index in [0.717, 1.165) is 71.0 Å². The van der Waals surface area contributed by atoms with Crippen molar-refractivity contribution < 1.29 is 78.5 Å². The van der Waals surface area contributed by atoms with Crippen molar-refractivity contribution in [1.82, 2.24) is 9.29 Å². The molecule has 0 spiro atoms. The predicted octanol–water partition coefficient (Wildman–Crippen LogP) is 9.06. The highest BCUT2D eigenvalue weighted by molar-refractivity contribution is 7.89. The van der Waals surface area contributed by atoms with E-state index in [2.05, 4.69) is 23.8 Å². The number of anilines is 1. The monoisotopic (exact) mass is 1240 g/mol. The van der Waals surface area contributed by atoms with Crippen LogP contribution in [-0.4, -0.2) is 181 Å². The minimum atomic E-state index is -3.71. The molecule has 0 unspecified atom stereocenters. The van der Waals surface area contributed by atoms with Gasteiger partial charge in [-0.25, -0.2) is 22.2 Å². The molecule has 1 aliphatic rings. The van der Waals surface area contributed by atoms with E-state index in [-0.39, 0.29) is 42.6 Å². The van der Waals surface area contributed by atoms with E-state index >= 15 is 0 Å². The number of carbonyl (C=O) groups is 1. The van der Waals surface area contributed by atoms with Gasteiger partial charge in [-0.2, -0.15) is 14.0 Å². The highest BCUT2D eigenvalue weighted by Gasteiger charge is 2.36. The molecular formula is C64H84F3N5O14S. The Balaban J connectivity index is 0.715. The molecule has 2 N–H and O–H groups in total. The van der Waals surface area contributed by atoms with Gasteiger partial charge in [0.1, 0.15) is 5.82 Å². The molecule has 1 fully saturated rings. The van der Waals surface area contributed by atoms with Gasteiger partial charge in [0.15, 0.2) is 11.6 Å². The standard InChI is InChI=1S/C64H84F3N5O14S/c1-3-4-5-10-55-42-54-15-14-53(44-59(54)71-64(55)69)52-11-7-12-57(43-52)87(74,75)72-46-51(47-72)13-16-56(41-49-8-6-9-50(40-49)45-68)70-18-20-77-22-24-79-26-28-81-30-32-83-34-36-85-38-37-84-35-33-82-31-29-80-27-25-78-23-21-76-19-17-60(73)86-63-61(66)48(2)39-58(65)62(63)67/h6-9,11-12,14-15,39-40,42-44,51H,3-5,10,13,16-38,41,46-47H2,1-2H3,(H2,69,71). The zero-order valence-corrected chi connectivity index (χ0v) is 50.9. The largest absolute Gasteiger partial charge is 0.420 e. The van der Waals surface area contributed by atoms with E-state index in [9.17, 15) is 31.6 Å². The fourth-order valence-corrected chi connectivity index (χ4v) is 10.7. The number of aryl methyl sites for hydroxylation is 2. The first kappa shape index (κ1) is 70.1. The summed E-state index contributed by atoms with van der Waals surface area (Å²) in [4.78, 5) is 21.7. The Hall–Kier alpha value is -5.98. The van der Waals surface area contributed by atoms with Crippen molar-refractivity contribution in [3.05, 3.63) is 119 Å². The van der Waals surface area contributed by atoms with Gasteiger partial charge in [0.05, 0.1) is 167 Å². The second-order valence-corrected chi connectivity index (χ2v) is 22.5. The Morgan fingerprint density at radius 3 is 1.79 bits per heavy atom. The van der Waals surface area contributed by atoms with E-state index in [4.69, 9.17) is 63.1 Å². The summed E-state index contributed by atoms with van der Waals surface area (Å²) in [7, 11) is -3.71. The van der Waals surface area contributed by atoms with Crippen LogP contribution in [0.15, 0.2) is 88.8 Å². The number of nitriles is 1. The second-order valence-electron chi connectivity index (χ2n) is 20.6. The van der Waals surface area contributed by atoms with Crippen LogP contribution in [0.25, 0.3) is 22.0 Å². The molecule has 476 valence electrons. The van der Waals surface area contributed by atoms with Crippen molar-refractivity contribution in [2.75, 3.05) is 158 Å². The number of aliphatic imine (C=N–C) groups is 1. The second kappa shape index (κ2) is 39.8. The Labute approximate surface area is 509 Å². The average Bonchev–Trinajstić information content (AvgIpc) is 2.26. The number of nitrogen functional groups attached to an aromatic ring is 1. The van der Waals surface area contributed by atoms with Crippen LogP contribution in [0.3, 0.4) is 0 Å². The fraction of sp³-hybridized carbons (Fsp3) is 0.531. The molecule has 5 aromatic rings. The number of nitrogens with zero attached hydrogens (tertiary/aromatic N) is 4. The molecule has 0 saturated carbocycles. The number of fused-ring (bicyclic) bond motifs is 1. The van der Waals surface area contributed by atoms with Gasteiger partial charge < -0.3 is 57.8 Å². The summed E-state index contributed by atoms with van der Waals surface area (Å²) >= 11 is 0. The lowest BCUT2D eigenvalue weighted by molar-refractivity contribution is -0.136. The van der Waals surface area contributed by atoms with Gasteiger partial charge in [-0.3, -0.25) is 9.79 Å². The summed E-state index contributed by atoms with van der Waals surface area (Å²) in [6, 6.07) is 25.6. The van der Waals surface area contributed by atoms with Gasteiger partial charge in [0, 0.05) is 30.6 Å². The number of sulfonamides is 1. The van der Waals surface area contributed by atoms with Gasteiger partial charge in [-0.15, -0.1) is 0 Å². The summed E-state index contributed by atoms with van der Waals surface area (Å²) in [6.45, 7) is 12.0. The van der Waals surface area contributed by atoms with Crippen molar-refractivity contribution in [3.8, 4) is 22.9 Å². The third-order valence-electron chi connectivity index (χ3n) is 13.9. The molecule has 1 saturated heterocycles. The van der Waals surface area contributed by atoms with Crippen LogP contribution < -0.4 is 10.5 Å². The molecule has 0 amide bonds. The molecule has 87 heavy (non-hydrogen) atoms. The maximum Gasteiger partial charge on any atom is 0.313 e. The molecule has 0 bridgehead atoms. The first-order valence-electron chi connectivity index (χ1n) is 29.8. The molecule has 0 radical (unpaired) electrons. The molecule has 6 rings (SSSR count). The van der Waals surface area contributed by atoms with Crippen molar-refractivity contribution in [2.45, 2.75) is 70.1 Å². The number of halogens is 3. The number of benzene rings is 4. The normalized spacial score (nSPS) is 13.1. The maximum atomic E-state index is 14.0. The number of rotatable bonds is 46. The summed E-state index contributed by atoms with van der Waals surface area (Å²) in [6.07, 6.45) is 6.02. The molecule has 1 aliphatic heterocycles. The predicted molar refractivity (Wildman–Crippen MR) is 323 cm³/mol. The fourth-order valence-electron chi connectivity index (χ4n) is 9.10. The molecule has 0 aliphatic carbocycles. The Bertz CT molecular complexity index is 3030. The lowest BCUT2D eigenvalue weighted by atomic mass is 9.94. The zero-order valence-electron chi connectivity index (χ0n) is 50.1. The Kier molecular flexibility index (Phi) is 32.1. The van der Waals surface area contributed by atoms with Crippen LogP contribution in [0.4, 0.5) is 19.0 Å². The Morgan fingerprint density at radius 1 is 0.667 bits per heavy atom. The van der Waals surface area contributed by atoms with Gasteiger partial charge in [-0.1, -0.05) is 56.2 Å². The number of aromatic nitrogens is 1. The molecule has 23 heteroatoms. The maximum absolute atomic E-state index is 14.0. The number of pyridine rings is 1. The SMILES string of the molecule is CCCCCc1cc2ccc(-c3cccc(S(=O)(=O)N4CC(CCC(Cc5cccc(C#N)c5)=NCCOCCOCCOCCOCCOCCOCCOCCOCCOCCOCCC(=O)Oc5c(F)c(C)cc(F)c5F)C4)c3)cc2nc1N. The zero-order chi connectivity index (χ0) is 61.9. The van der Waals surface area contributed by atoms with Gasteiger partial charge >= 0.3 is 5.97 Å². The van der Waals surface area contributed by atoms with Crippen LogP contribution in [0.2, 0.25) is 0 Å². The quantitative estimate of drug-likeness (QED) is 0.0126. The molecule has 4 aromatic carbocycles. The topological polar surface area (TPSA) is 231 Å². The number of esters is 1. The summed E-state index contributed by atoms with van der Waals surface area (Å²) in [5.41, 5.74) is 12.2. The average molecular weight is 1240 g/mol. The third-order valence-corrected chi connectivity index (χ3v) is 15.7. The molecule has 1 aromatic heterocycles. The van der Waals surface area contributed by atoms with Crippen LogP contribution >= 0.6 is 0 Å². The first-order chi connectivity index (χ1) is 42.4. The third kappa shape index (κ3) is 25.2. The van der Waals surface area contributed by atoms with Crippen molar-refractivity contribution >= 4 is 38.4 Å². The number of hydrogen-bond acceptors (Lipinski definition) is 18. The van der Waals surface area contributed by atoms with Crippen molar-refractivity contribution in [1.29, 1.82) is 5.26 Å². The van der Waals surface area contributed by atoms with Gasteiger partial charge in [0.25, 0.3) is 0 Å². The van der Waals surface area contributed by atoms with E-state index in [1.54, 1.807) is 28.6 Å². The van der Waals surface area contributed by atoms with E-state index < -0.39 is 39.2 Å². The number of carbonyl (C=O) groups excluding carboxylic acids is 1. The molecular weight excluding hydrogens is 1150 g/mol. The smallest absolute Gasteiger partial charge is 0.313 e. The van der Waals surface area contributed by atoms with E-state index in [0.29, 0.717) is 162 Å². The lowest BCUT2D eigenvalue weighted by Crippen LogP contribution is -2.49. The molecule has 19 nitrogen and oxygen atoms in total. The van der Waals surface area contributed by atoms with Gasteiger partial charge in [-0.05, 0) is 109 Å². The van der Waals surface area contributed by atoms with Crippen LogP contribution in [0.5, 0.6) is 5.75 Å². The van der Waals surface area contributed by atoms with E-state index in [1.807, 2.05) is 42.5 Å². The lowest BCUT2D eigenvalue weighted by Gasteiger charge is -2.38. The number of unbranched alkanes of at least 4 members (excludes halogenated alkanes) is 2. The first-order valence-corrected chi connectivity index (χ1v) is 31.2. The van der Waals surface area contributed by atoms with Crippen molar-refractivity contribution in [3.63, 3.8) is 0 Å². The van der Waals surface area contributed by atoms with Crippen LogP contribution in [0.1, 0.15) is 67.7 Å².